The van der Waals surface area contributed by atoms with Crippen LogP contribution in [-0.2, 0) is 0 Å². The fourth-order valence-corrected chi connectivity index (χ4v) is 3.03. The maximum absolute atomic E-state index is 13.6. The predicted molar refractivity (Wildman–Crippen MR) is 86.3 cm³/mol. The van der Waals surface area contributed by atoms with E-state index in [0.29, 0.717) is 10.6 Å². The number of hydrogen-bond acceptors (Lipinski definition) is 4. The molecular weight excluding hydrogens is 393 g/mol. The van der Waals surface area contributed by atoms with Crippen LogP contribution in [0.15, 0.2) is 29.1 Å². The molecule has 0 spiro atoms. The first kappa shape index (κ1) is 18.8. The van der Waals surface area contributed by atoms with Crippen LogP contribution in [0.3, 0.4) is 0 Å². The zero-order chi connectivity index (χ0) is 19.9. The van der Waals surface area contributed by atoms with Crippen molar-refractivity contribution < 1.29 is 31.5 Å². The van der Waals surface area contributed by atoms with E-state index in [0.717, 1.165) is 10.9 Å². The summed E-state index contributed by atoms with van der Waals surface area (Å²) in [6.45, 7) is 1.85. The Hall–Kier alpha value is -3.01. The van der Waals surface area contributed by atoms with Gasteiger partial charge >= 0.3 is 5.97 Å². The van der Waals surface area contributed by atoms with Gasteiger partial charge in [-0.3, -0.25) is 4.79 Å². The Labute approximate surface area is 151 Å². The summed E-state index contributed by atoms with van der Waals surface area (Å²) in [5.41, 5.74) is -1.24. The van der Waals surface area contributed by atoms with E-state index in [9.17, 15) is 31.5 Å². The predicted octanol–water partition coefficient (Wildman–Crippen LogP) is 4.33. The Morgan fingerprint density at radius 1 is 0.926 bits per heavy atom. The molecular formula is C17H8F5NO3S. The molecule has 10 heteroatoms. The smallest absolute Gasteiger partial charge is 0.349 e. The monoisotopic (exact) mass is 401 g/mol. The van der Waals surface area contributed by atoms with Gasteiger partial charge < -0.3 is 9.72 Å². The lowest BCUT2D eigenvalue weighted by Crippen LogP contribution is -2.23. The van der Waals surface area contributed by atoms with Gasteiger partial charge in [0.15, 0.2) is 0 Å². The third kappa shape index (κ3) is 3.35. The molecule has 3 rings (SSSR count). The molecule has 0 bridgehead atoms. The van der Waals surface area contributed by atoms with Gasteiger partial charge in [-0.15, -0.1) is 11.3 Å². The minimum atomic E-state index is -2.39. The molecule has 1 aromatic carbocycles. The fourth-order valence-electron chi connectivity index (χ4n) is 2.18. The van der Waals surface area contributed by atoms with E-state index in [1.54, 1.807) is 6.07 Å². The van der Waals surface area contributed by atoms with Gasteiger partial charge in [0, 0.05) is 4.88 Å². The molecule has 0 aliphatic rings. The lowest BCUT2D eigenvalue weighted by atomic mass is 10.2. The number of halogens is 5. The van der Waals surface area contributed by atoms with Crippen LogP contribution < -0.4 is 10.3 Å². The second-order valence-corrected chi connectivity index (χ2v) is 6.60. The number of carbonyl (C=O) groups is 1. The summed E-state index contributed by atoms with van der Waals surface area (Å²) >= 11 is 1.37. The average molecular weight is 401 g/mol. The molecule has 1 N–H and O–H groups in total. The highest BCUT2D eigenvalue weighted by Gasteiger charge is 2.29. The third-order valence-electron chi connectivity index (χ3n) is 3.50. The van der Waals surface area contributed by atoms with E-state index in [4.69, 9.17) is 0 Å². The van der Waals surface area contributed by atoms with Gasteiger partial charge in [-0.2, -0.15) is 8.78 Å². The number of aryl methyl sites for hydroxylation is 1. The summed E-state index contributed by atoms with van der Waals surface area (Å²) < 4.78 is 70.7. The zero-order valence-electron chi connectivity index (χ0n) is 13.3. The van der Waals surface area contributed by atoms with Crippen LogP contribution in [0.2, 0.25) is 0 Å². The lowest BCUT2D eigenvalue weighted by Gasteiger charge is -2.08. The summed E-state index contributed by atoms with van der Waals surface area (Å²) in [5.74, 6) is -14.9. The molecule has 2 aromatic heterocycles. The topological polar surface area (TPSA) is 59.2 Å². The number of hydrogen-bond donors (Lipinski definition) is 1. The number of esters is 1. The molecule has 0 amide bonds. The summed E-state index contributed by atoms with van der Waals surface area (Å²) in [7, 11) is 0. The molecule has 0 fully saturated rings. The van der Waals surface area contributed by atoms with Gasteiger partial charge in [0.25, 0.3) is 5.56 Å². The molecule has 4 nitrogen and oxygen atoms in total. The minimum absolute atomic E-state index is 0.380. The molecule has 3 aromatic rings. The highest BCUT2D eigenvalue weighted by molar-refractivity contribution is 7.15. The molecule has 0 unspecified atom stereocenters. The first-order chi connectivity index (χ1) is 12.7. The van der Waals surface area contributed by atoms with Crippen LogP contribution in [-0.4, -0.2) is 11.0 Å². The number of aromatic nitrogens is 1. The molecule has 27 heavy (non-hydrogen) atoms. The van der Waals surface area contributed by atoms with Crippen LogP contribution in [0.25, 0.3) is 10.6 Å². The van der Waals surface area contributed by atoms with Crippen LogP contribution in [0.1, 0.15) is 15.2 Å². The minimum Gasteiger partial charge on any atom is -0.416 e. The average Bonchev–Trinajstić information content (AvgIpc) is 3.08. The van der Waals surface area contributed by atoms with Gasteiger partial charge in [-0.1, -0.05) is 0 Å². The third-order valence-corrected chi connectivity index (χ3v) is 4.53. The lowest BCUT2D eigenvalue weighted by molar-refractivity contribution is 0.0714. The zero-order valence-corrected chi connectivity index (χ0v) is 14.1. The molecule has 0 radical (unpaired) electrons. The number of rotatable bonds is 3. The van der Waals surface area contributed by atoms with Crippen molar-refractivity contribution in [3.05, 3.63) is 74.1 Å². The standard InChI is InChI=1S/C17H8F5NO3S/c1-6-2-5-9(27-6)8-4-3-7(16(24)23-8)17(25)26-15-13(21)11(19)10(18)12(20)14(15)22/h2-5H,1H3,(H,23,24). The summed E-state index contributed by atoms with van der Waals surface area (Å²) in [4.78, 5) is 28.1. The van der Waals surface area contributed by atoms with Crippen molar-refractivity contribution in [1.29, 1.82) is 0 Å². The number of carbonyl (C=O) groups excluding carboxylic acids is 1. The van der Waals surface area contributed by atoms with E-state index >= 15 is 0 Å². The fraction of sp³-hybridized carbons (Fsp3) is 0.0588. The van der Waals surface area contributed by atoms with E-state index in [-0.39, 0.29) is 0 Å². The summed E-state index contributed by atoms with van der Waals surface area (Å²) in [6, 6.07) is 5.92. The number of aromatic amines is 1. The van der Waals surface area contributed by atoms with E-state index < -0.39 is 51.9 Å². The Morgan fingerprint density at radius 2 is 1.52 bits per heavy atom. The van der Waals surface area contributed by atoms with E-state index in [1.165, 1.54) is 17.4 Å². The van der Waals surface area contributed by atoms with Crippen molar-refractivity contribution >= 4 is 17.3 Å². The quantitative estimate of drug-likeness (QED) is 0.234. The van der Waals surface area contributed by atoms with Crippen molar-refractivity contribution in [2.75, 3.05) is 0 Å². The summed E-state index contributed by atoms with van der Waals surface area (Å²) in [6.07, 6.45) is 0. The van der Waals surface area contributed by atoms with Gasteiger partial charge in [0.05, 0.1) is 10.6 Å². The van der Waals surface area contributed by atoms with Crippen LogP contribution in [0, 0.1) is 36.0 Å². The van der Waals surface area contributed by atoms with Crippen molar-refractivity contribution in [1.82, 2.24) is 4.98 Å². The van der Waals surface area contributed by atoms with Crippen molar-refractivity contribution in [3.63, 3.8) is 0 Å². The second-order valence-electron chi connectivity index (χ2n) is 5.31. The number of pyridine rings is 1. The number of H-pyrrole nitrogens is 1. The number of benzene rings is 1. The maximum atomic E-state index is 13.6. The van der Waals surface area contributed by atoms with E-state index in [2.05, 4.69) is 9.72 Å². The molecule has 0 aliphatic heterocycles. The highest BCUT2D eigenvalue weighted by Crippen LogP contribution is 2.30. The maximum Gasteiger partial charge on any atom is 0.349 e. The van der Waals surface area contributed by atoms with Crippen LogP contribution >= 0.6 is 11.3 Å². The molecule has 0 atom stereocenters. The first-order valence-electron chi connectivity index (χ1n) is 7.24. The molecule has 0 saturated carbocycles. The SMILES string of the molecule is Cc1ccc(-c2ccc(C(=O)Oc3c(F)c(F)c(F)c(F)c3F)c(=O)[nH]2)s1. The van der Waals surface area contributed by atoms with Crippen molar-refractivity contribution in [3.8, 4) is 16.3 Å². The van der Waals surface area contributed by atoms with E-state index in [1.807, 2.05) is 13.0 Å². The van der Waals surface area contributed by atoms with Crippen LogP contribution in [0.5, 0.6) is 5.75 Å². The number of ether oxygens (including phenoxy) is 1. The molecule has 0 saturated heterocycles. The Morgan fingerprint density at radius 3 is 2.04 bits per heavy atom. The Kier molecular flexibility index (Phi) is 4.83. The molecule has 140 valence electrons. The number of nitrogens with one attached hydrogen (secondary N) is 1. The Balaban J connectivity index is 1.95. The normalized spacial score (nSPS) is 10.9. The van der Waals surface area contributed by atoms with Gasteiger partial charge in [0.1, 0.15) is 5.56 Å². The van der Waals surface area contributed by atoms with Crippen molar-refractivity contribution in [2.24, 2.45) is 0 Å². The molecule has 0 aliphatic carbocycles. The largest absolute Gasteiger partial charge is 0.416 e. The van der Waals surface area contributed by atoms with Gasteiger partial charge in [-0.25, -0.2) is 18.0 Å². The van der Waals surface area contributed by atoms with Gasteiger partial charge in [-0.05, 0) is 31.2 Å². The second kappa shape index (κ2) is 6.95. The highest BCUT2D eigenvalue weighted by atomic mass is 32.1. The van der Waals surface area contributed by atoms with Crippen molar-refractivity contribution in [2.45, 2.75) is 6.92 Å². The Bertz CT molecular complexity index is 1090. The molecule has 2 heterocycles. The van der Waals surface area contributed by atoms with Crippen LogP contribution in [0.4, 0.5) is 22.0 Å². The summed E-state index contributed by atoms with van der Waals surface area (Å²) in [5, 5.41) is 0. The first-order valence-corrected chi connectivity index (χ1v) is 8.06. The van der Waals surface area contributed by atoms with Gasteiger partial charge in [0.2, 0.25) is 34.8 Å². The number of thiophene rings is 1.